The van der Waals surface area contributed by atoms with Crippen molar-refractivity contribution in [2.24, 2.45) is 11.0 Å². The van der Waals surface area contributed by atoms with Crippen LogP contribution in [0.3, 0.4) is 0 Å². The number of rotatable bonds is 6. The first-order valence-corrected chi connectivity index (χ1v) is 10.9. The molecule has 1 N–H and O–H groups in total. The molecule has 0 radical (unpaired) electrons. The van der Waals surface area contributed by atoms with Gasteiger partial charge in [-0.1, -0.05) is 6.92 Å². The summed E-state index contributed by atoms with van der Waals surface area (Å²) in [6, 6.07) is 8.36. The maximum atomic E-state index is 14.0. The fourth-order valence-corrected chi connectivity index (χ4v) is 4.35. The summed E-state index contributed by atoms with van der Waals surface area (Å²) in [6.45, 7) is 2.49. The summed E-state index contributed by atoms with van der Waals surface area (Å²) >= 11 is 0. The molecule has 1 saturated heterocycles. The van der Waals surface area contributed by atoms with E-state index >= 15 is 0 Å². The highest BCUT2D eigenvalue weighted by Gasteiger charge is 2.48. The number of hydrogen-bond donors (Lipinski definition) is 1. The lowest BCUT2D eigenvalue weighted by atomic mass is 9.94. The molecule has 0 amide bonds. The summed E-state index contributed by atoms with van der Waals surface area (Å²) in [7, 11) is 0. The molecule has 4 rings (SSSR count). The van der Waals surface area contributed by atoms with Crippen molar-refractivity contribution >= 4 is 23.2 Å². The minimum atomic E-state index is -4.64. The number of pyridine rings is 1. The van der Waals surface area contributed by atoms with E-state index in [4.69, 9.17) is 4.74 Å². The lowest BCUT2D eigenvalue weighted by Crippen LogP contribution is -2.39. The van der Waals surface area contributed by atoms with Crippen LogP contribution in [0.4, 0.5) is 29.1 Å². The van der Waals surface area contributed by atoms with Crippen molar-refractivity contribution in [3.63, 3.8) is 0 Å². The predicted octanol–water partition coefficient (Wildman–Crippen LogP) is 4.49. The van der Waals surface area contributed by atoms with Crippen molar-refractivity contribution < 1.29 is 32.2 Å². The summed E-state index contributed by atoms with van der Waals surface area (Å²) in [5, 5.41) is 14.0. The second kappa shape index (κ2) is 9.47. The van der Waals surface area contributed by atoms with Gasteiger partial charge in [0, 0.05) is 38.0 Å². The summed E-state index contributed by atoms with van der Waals surface area (Å²) < 4.78 is 60.0. The molecule has 0 saturated carbocycles. The molecule has 11 heteroatoms. The zero-order valence-corrected chi connectivity index (χ0v) is 18.4. The number of hydrazone groups is 1. The molecule has 1 unspecified atom stereocenters. The van der Waals surface area contributed by atoms with E-state index in [1.54, 1.807) is 36.5 Å². The summed E-state index contributed by atoms with van der Waals surface area (Å²) in [6.07, 6.45) is -2.36. The molecule has 1 fully saturated rings. The van der Waals surface area contributed by atoms with Gasteiger partial charge < -0.3 is 14.7 Å². The third kappa shape index (κ3) is 5.07. The van der Waals surface area contributed by atoms with Gasteiger partial charge in [-0.05, 0) is 36.4 Å². The fourth-order valence-electron chi connectivity index (χ4n) is 4.35. The normalized spacial score (nSPS) is 21.5. The van der Waals surface area contributed by atoms with Crippen molar-refractivity contribution in [2.75, 3.05) is 23.0 Å². The van der Waals surface area contributed by atoms with E-state index in [9.17, 15) is 27.5 Å². The molecule has 0 spiro atoms. The zero-order chi connectivity index (χ0) is 24.5. The van der Waals surface area contributed by atoms with Crippen LogP contribution < -0.4 is 14.6 Å². The minimum absolute atomic E-state index is 0.102. The Balaban J connectivity index is 1.41. The highest BCUT2D eigenvalue weighted by Crippen LogP contribution is 2.37. The first-order chi connectivity index (χ1) is 16.1. The lowest BCUT2D eigenvalue weighted by molar-refractivity contribution is -0.137. The average molecular weight is 480 g/mol. The Bertz CT molecular complexity index is 1050. The average Bonchev–Trinajstić information content (AvgIpc) is 3.11. The number of halogens is 4. The van der Waals surface area contributed by atoms with Gasteiger partial charge in [0.05, 0.1) is 18.2 Å². The molecular weight excluding hydrogens is 456 g/mol. The number of anilines is 2. The molecule has 2 aliphatic rings. The van der Waals surface area contributed by atoms with E-state index in [2.05, 4.69) is 10.1 Å². The monoisotopic (exact) mass is 480 g/mol. The molecule has 3 heterocycles. The van der Waals surface area contributed by atoms with E-state index in [1.165, 1.54) is 13.0 Å². The molecule has 182 valence electrons. The van der Waals surface area contributed by atoms with Gasteiger partial charge in [-0.15, -0.1) is 0 Å². The first kappa shape index (κ1) is 23.8. The number of hydrogen-bond acceptors (Lipinski definition) is 6. The van der Waals surface area contributed by atoms with Crippen molar-refractivity contribution in [3.05, 3.63) is 48.4 Å². The molecule has 2 aliphatic heterocycles. The minimum Gasteiger partial charge on any atom is -0.490 e. The van der Waals surface area contributed by atoms with Gasteiger partial charge in [-0.2, -0.15) is 18.3 Å². The van der Waals surface area contributed by atoms with Gasteiger partial charge >= 0.3 is 12.1 Å². The van der Waals surface area contributed by atoms with Crippen LogP contribution in [0.5, 0.6) is 5.75 Å². The number of carbonyl (C=O) groups is 1. The first-order valence-electron chi connectivity index (χ1n) is 10.9. The van der Waals surface area contributed by atoms with Crippen LogP contribution in [0, 0.1) is 11.7 Å². The number of nitrogens with zero attached hydrogens (tertiary/aromatic N) is 4. The Labute approximate surface area is 193 Å². The molecule has 34 heavy (non-hydrogen) atoms. The van der Waals surface area contributed by atoms with Crippen LogP contribution in [-0.4, -0.2) is 53.2 Å². The summed E-state index contributed by atoms with van der Waals surface area (Å²) in [5.74, 6) is -1.79. The molecule has 2 atom stereocenters. The van der Waals surface area contributed by atoms with Gasteiger partial charge in [-0.3, -0.25) is 9.80 Å². The third-order valence-corrected chi connectivity index (χ3v) is 6.10. The second-order valence-electron chi connectivity index (χ2n) is 8.39. The number of ether oxygens (including phenoxy) is 1. The molecule has 0 aliphatic carbocycles. The van der Waals surface area contributed by atoms with Crippen molar-refractivity contribution in [2.45, 2.75) is 44.5 Å². The molecule has 0 bridgehead atoms. The van der Waals surface area contributed by atoms with E-state index in [1.807, 2.05) is 4.90 Å². The van der Waals surface area contributed by atoms with Gasteiger partial charge in [0.2, 0.25) is 0 Å². The van der Waals surface area contributed by atoms with Gasteiger partial charge in [0.25, 0.3) is 0 Å². The molecule has 2 aromatic rings. The van der Waals surface area contributed by atoms with E-state index in [0.29, 0.717) is 43.2 Å². The number of benzene rings is 1. The van der Waals surface area contributed by atoms with Crippen LogP contribution in [-0.2, 0) is 4.79 Å². The van der Waals surface area contributed by atoms with Crippen LogP contribution >= 0.6 is 0 Å². The van der Waals surface area contributed by atoms with Crippen molar-refractivity contribution in [1.29, 1.82) is 0 Å². The largest absolute Gasteiger partial charge is 0.490 e. The number of carboxylic acid groups (broad SMARTS) is 1. The topological polar surface area (TPSA) is 78.3 Å². The van der Waals surface area contributed by atoms with Crippen LogP contribution in [0.25, 0.3) is 0 Å². The molecule has 7 nitrogen and oxygen atoms in total. The molecule has 1 aromatic carbocycles. The highest BCUT2D eigenvalue weighted by molar-refractivity contribution is 5.95. The SMILES string of the molecule is C[C@@H]1C(C(F)(F)F)=NN(c2ccc(OC3CCN(c4ncccc4F)CC3)cc2)C1CC(=O)O. The van der Waals surface area contributed by atoms with Gasteiger partial charge in [0.15, 0.2) is 11.6 Å². The Morgan fingerprint density at radius 2 is 1.85 bits per heavy atom. The molecule has 1 aromatic heterocycles. The Morgan fingerprint density at radius 1 is 1.18 bits per heavy atom. The van der Waals surface area contributed by atoms with Crippen LogP contribution in [0.15, 0.2) is 47.7 Å². The van der Waals surface area contributed by atoms with Gasteiger partial charge in [-0.25, -0.2) is 9.37 Å². The second-order valence-corrected chi connectivity index (χ2v) is 8.39. The third-order valence-electron chi connectivity index (χ3n) is 6.10. The van der Waals surface area contributed by atoms with Crippen LogP contribution in [0.2, 0.25) is 0 Å². The smallest absolute Gasteiger partial charge is 0.431 e. The lowest BCUT2D eigenvalue weighted by Gasteiger charge is -2.33. The zero-order valence-electron chi connectivity index (χ0n) is 18.4. The Kier molecular flexibility index (Phi) is 6.63. The number of carboxylic acids is 1. The number of alkyl halides is 3. The van der Waals surface area contributed by atoms with E-state index in [-0.39, 0.29) is 11.9 Å². The number of aliphatic carboxylic acids is 1. The summed E-state index contributed by atoms with van der Waals surface area (Å²) in [4.78, 5) is 17.2. The van der Waals surface area contributed by atoms with E-state index in [0.717, 1.165) is 5.01 Å². The fraction of sp³-hybridized carbons (Fsp3) is 0.435. The summed E-state index contributed by atoms with van der Waals surface area (Å²) in [5.41, 5.74) is -0.639. The Morgan fingerprint density at radius 3 is 2.44 bits per heavy atom. The van der Waals surface area contributed by atoms with Gasteiger partial charge in [0.1, 0.15) is 17.6 Å². The van der Waals surface area contributed by atoms with Crippen LogP contribution in [0.1, 0.15) is 26.2 Å². The predicted molar refractivity (Wildman–Crippen MR) is 118 cm³/mol. The Hall–Kier alpha value is -3.37. The maximum absolute atomic E-state index is 14.0. The van der Waals surface area contributed by atoms with E-state index < -0.39 is 36.2 Å². The highest BCUT2D eigenvalue weighted by atomic mass is 19.4. The maximum Gasteiger partial charge on any atom is 0.431 e. The standard InChI is InChI=1S/C23H24F4N4O3/c1-14-19(13-20(32)33)31(29-21(14)23(25,26)27)15-4-6-16(7-5-15)34-17-8-11-30(12-9-17)22-18(24)3-2-10-28-22/h2-7,10,14,17,19H,8-9,11-13H2,1H3,(H,32,33)/t14-,19?/m0/s1. The van der Waals surface area contributed by atoms with Crippen molar-refractivity contribution in [3.8, 4) is 5.75 Å². The molecular formula is C23H24F4N4O3. The number of piperidine rings is 1. The number of aromatic nitrogens is 1. The quantitative estimate of drug-likeness (QED) is 0.614. The van der Waals surface area contributed by atoms with Crippen molar-refractivity contribution in [1.82, 2.24) is 4.98 Å².